The van der Waals surface area contributed by atoms with Gasteiger partial charge in [0.1, 0.15) is 13.1 Å². The monoisotopic (exact) mass is 457 g/mol. The molecule has 0 aliphatic rings. The van der Waals surface area contributed by atoms with E-state index in [1.807, 2.05) is 7.05 Å². The van der Waals surface area contributed by atoms with Crippen molar-refractivity contribution in [3.63, 3.8) is 0 Å². The number of hydrogen-bond donors (Lipinski definition) is 0. The normalized spacial score (nSPS) is 14.1. The van der Waals surface area contributed by atoms with Crippen molar-refractivity contribution in [2.75, 3.05) is 46.4 Å². The summed E-state index contributed by atoms with van der Waals surface area (Å²) in [6, 6.07) is 3.14. The average molecular weight is 458 g/mol. The molecule has 0 saturated carbocycles. The zero-order valence-corrected chi connectivity index (χ0v) is 22.5. The van der Waals surface area contributed by atoms with Crippen LogP contribution in [0.25, 0.3) is 0 Å². The van der Waals surface area contributed by atoms with E-state index in [0.717, 1.165) is 18.1 Å². The van der Waals surface area contributed by atoms with E-state index < -0.39 is 16.6 Å². The van der Waals surface area contributed by atoms with Gasteiger partial charge in [0.05, 0.1) is 26.8 Å². The third-order valence-corrected chi connectivity index (χ3v) is 12.9. The fourth-order valence-electron chi connectivity index (χ4n) is 2.84. The molecule has 174 valence electrons. The largest absolute Gasteiger partial charge is 0.415 e. The van der Waals surface area contributed by atoms with Crippen molar-refractivity contribution in [1.29, 1.82) is 0 Å². The number of hydrogen-bond acceptors (Lipinski definition) is 4. The van der Waals surface area contributed by atoms with Crippen LogP contribution in [0.1, 0.15) is 20.8 Å². The molecular weight excluding hydrogens is 412 g/mol. The molecule has 0 radical (unpaired) electrons. The molecule has 8 heteroatoms. The Morgan fingerprint density at radius 1 is 0.900 bits per heavy atom. The Morgan fingerprint density at radius 2 is 1.50 bits per heavy atom. The molecule has 0 aromatic heterocycles. The first-order valence-electron chi connectivity index (χ1n) is 11.1. The molecule has 0 aromatic carbocycles. The van der Waals surface area contributed by atoms with Gasteiger partial charge in [-0.2, -0.15) is 0 Å². The van der Waals surface area contributed by atoms with Gasteiger partial charge >= 0.3 is 5.91 Å². The summed E-state index contributed by atoms with van der Waals surface area (Å²) in [5.41, 5.74) is 0. The lowest BCUT2D eigenvalue weighted by Gasteiger charge is -2.34. The molecule has 0 rings (SSSR count). The van der Waals surface area contributed by atoms with Crippen LogP contribution in [0.3, 0.4) is 0 Å². The van der Waals surface area contributed by atoms with Crippen molar-refractivity contribution in [3.8, 4) is 0 Å². The van der Waals surface area contributed by atoms with Crippen LogP contribution in [0.4, 0.5) is 0 Å². The zero-order valence-electron chi connectivity index (χ0n) is 20.5. The highest BCUT2D eigenvalue weighted by Crippen LogP contribution is 2.16. The van der Waals surface area contributed by atoms with Crippen LogP contribution in [-0.2, 0) is 18.4 Å². The standard InChI is InChI=1S/C22H45N2O4Si2/c1-10-21(25)23(16-19-28-30(9,13-4)14-5)15-17-24(6,22(26)11-2)18-20-27-29(7,8)12-3/h10-11H,1-2,12-20H2,3-9H3/q+1. The van der Waals surface area contributed by atoms with E-state index in [1.165, 1.54) is 12.2 Å². The van der Waals surface area contributed by atoms with Gasteiger partial charge in [0, 0.05) is 12.6 Å². The second-order valence-electron chi connectivity index (χ2n) is 8.88. The number of likely N-dealkylation sites (N-methyl/N-ethyl adjacent to an activating group) is 1. The zero-order chi connectivity index (χ0) is 23.4. The lowest BCUT2D eigenvalue weighted by molar-refractivity contribution is -0.831. The van der Waals surface area contributed by atoms with Crippen LogP contribution in [0.5, 0.6) is 0 Å². The molecule has 30 heavy (non-hydrogen) atoms. The quantitative estimate of drug-likeness (QED) is 0.199. The van der Waals surface area contributed by atoms with Crippen molar-refractivity contribution in [1.82, 2.24) is 4.90 Å². The highest BCUT2D eigenvalue weighted by Gasteiger charge is 2.32. The van der Waals surface area contributed by atoms with Gasteiger partial charge in [-0.1, -0.05) is 33.9 Å². The summed E-state index contributed by atoms with van der Waals surface area (Å²) < 4.78 is 12.4. The number of quaternary nitrogens is 1. The molecule has 6 nitrogen and oxygen atoms in total. The predicted molar refractivity (Wildman–Crippen MR) is 130 cm³/mol. The van der Waals surface area contributed by atoms with Gasteiger partial charge in [-0.05, 0) is 43.8 Å². The maximum absolute atomic E-state index is 12.6. The molecule has 0 aliphatic heterocycles. The lowest BCUT2D eigenvalue weighted by Crippen LogP contribution is -2.55. The summed E-state index contributed by atoms with van der Waals surface area (Å²) in [5, 5.41) is 0. The summed E-state index contributed by atoms with van der Waals surface area (Å²) >= 11 is 0. The maximum Gasteiger partial charge on any atom is 0.337 e. The molecule has 0 aliphatic carbocycles. The number of carbonyl (C=O) groups excluding carboxylic acids is 2. The third-order valence-electron chi connectivity index (χ3n) is 6.29. The second kappa shape index (κ2) is 13.4. The minimum atomic E-state index is -1.68. The highest BCUT2D eigenvalue weighted by atomic mass is 28.4. The molecule has 0 saturated heterocycles. The van der Waals surface area contributed by atoms with E-state index in [9.17, 15) is 9.59 Å². The van der Waals surface area contributed by atoms with Crippen molar-refractivity contribution in [2.45, 2.75) is 58.5 Å². The second-order valence-corrected chi connectivity index (χ2v) is 18.0. The summed E-state index contributed by atoms with van der Waals surface area (Å²) in [6.07, 6.45) is 2.69. The van der Waals surface area contributed by atoms with Gasteiger partial charge < -0.3 is 13.8 Å². The van der Waals surface area contributed by atoms with Gasteiger partial charge in [-0.25, -0.2) is 4.79 Å². The summed E-state index contributed by atoms with van der Waals surface area (Å²) in [6.45, 7) is 23.4. The summed E-state index contributed by atoms with van der Waals surface area (Å²) in [4.78, 5) is 26.7. The molecule has 0 bridgehead atoms. The van der Waals surface area contributed by atoms with Crippen molar-refractivity contribution in [2.24, 2.45) is 0 Å². The van der Waals surface area contributed by atoms with Gasteiger partial charge in [0.15, 0.2) is 16.6 Å². The molecule has 0 spiro atoms. The Kier molecular flexibility index (Phi) is 12.9. The molecular formula is C22H45N2O4Si2+. The van der Waals surface area contributed by atoms with E-state index in [1.54, 1.807) is 4.90 Å². The Bertz CT molecular complexity index is 579. The Balaban J connectivity index is 5.08. The molecule has 1 atom stereocenters. The number of rotatable bonds is 16. The average Bonchev–Trinajstić information content (AvgIpc) is 2.74. The molecule has 2 amide bonds. The van der Waals surface area contributed by atoms with Crippen LogP contribution in [0, 0.1) is 0 Å². The van der Waals surface area contributed by atoms with Crippen molar-refractivity contribution >= 4 is 28.4 Å². The van der Waals surface area contributed by atoms with Crippen LogP contribution >= 0.6 is 0 Å². The lowest BCUT2D eigenvalue weighted by atomic mass is 10.3. The topological polar surface area (TPSA) is 55.8 Å². The first kappa shape index (κ1) is 28.9. The first-order chi connectivity index (χ1) is 13.9. The van der Waals surface area contributed by atoms with E-state index in [4.69, 9.17) is 8.85 Å². The smallest absolute Gasteiger partial charge is 0.337 e. The number of amides is 2. The Hall–Kier alpha value is -1.07. The molecule has 0 N–H and O–H groups in total. The maximum atomic E-state index is 12.6. The van der Waals surface area contributed by atoms with Crippen LogP contribution in [-0.4, -0.2) is 84.3 Å². The SMILES string of the molecule is C=CC(=O)N(CCO[Si](C)(CC)CC)CC[N+](C)(CCO[Si](C)(C)CC)C(=O)C=C. The van der Waals surface area contributed by atoms with Gasteiger partial charge in [-0.15, -0.1) is 0 Å². The van der Waals surface area contributed by atoms with E-state index in [0.29, 0.717) is 39.4 Å². The highest BCUT2D eigenvalue weighted by molar-refractivity contribution is 6.72. The predicted octanol–water partition coefficient (Wildman–Crippen LogP) is 4.03. The van der Waals surface area contributed by atoms with Crippen molar-refractivity contribution < 1.29 is 22.9 Å². The van der Waals surface area contributed by atoms with E-state index >= 15 is 0 Å². The van der Waals surface area contributed by atoms with Crippen LogP contribution in [0.2, 0.25) is 37.8 Å². The van der Waals surface area contributed by atoms with E-state index in [-0.39, 0.29) is 16.3 Å². The Morgan fingerprint density at radius 3 is 1.97 bits per heavy atom. The molecule has 0 heterocycles. The number of carbonyl (C=O) groups is 2. The minimum Gasteiger partial charge on any atom is -0.415 e. The Labute approximate surface area is 186 Å². The van der Waals surface area contributed by atoms with Crippen LogP contribution < -0.4 is 0 Å². The fourth-order valence-corrected chi connectivity index (χ4v) is 5.18. The minimum absolute atomic E-state index is 0.0613. The molecule has 0 aromatic rings. The van der Waals surface area contributed by atoms with Crippen molar-refractivity contribution in [3.05, 3.63) is 25.3 Å². The van der Waals surface area contributed by atoms with E-state index in [2.05, 4.69) is 53.6 Å². The van der Waals surface area contributed by atoms with Crippen LogP contribution in [0.15, 0.2) is 25.3 Å². The third kappa shape index (κ3) is 9.83. The molecule has 1 unspecified atom stereocenters. The summed E-state index contributed by atoms with van der Waals surface area (Å²) in [5.74, 6) is -0.197. The fraction of sp³-hybridized carbons (Fsp3) is 0.727. The van der Waals surface area contributed by atoms with Gasteiger partial charge in [0.2, 0.25) is 5.91 Å². The van der Waals surface area contributed by atoms with Gasteiger partial charge in [-0.3, -0.25) is 9.28 Å². The molecule has 0 fully saturated rings. The summed E-state index contributed by atoms with van der Waals surface area (Å²) in [7, 11) is -1.46. The van der Waals surface area contributed by atoms with Gasteiger partial charge in [0.25, 0.3) is 0 Å². The first-order valence-corrected chi connectivity index (χ1v) is 17.1. The number of nitrogens with zero attached hydrogens (tertiary/aromatic N) is 2.